The van der Waals surface area contributed by atoms with Gasteiger partial charge in [-0.1, -0.05) is 11.6 Å². The van der Waals surface area contributed by atoms with Crippen LogP contribution >= 0.6 is 11.6 Å². The van der Waals surface area contributed by atoms with Gasteiger partial charge in [-0.05, 0) is 48.5 Å². The average molecular weight is 402 g/mol. The van der Waals surface area contributed by atoms with E-state index in [1.807, 2.05) is 0 Å². The molecule has 1 heterocycles. The van der Waals surface area contributed by atoms with Gasteiger partial charge in [-0.25, -0.2) is 27.3 Å². The lowest BCUT2D eigenvalue weighted by molar-refractivity contribution is -0.0775. The van der Waals surface area contributed by atoms with Gasteiger partial charge < -0.3 is 10.0 Å². The number of halogens is 3. The number of aliphatic imine (C=N–C) groups is 1. The molecule has 1 unspecified atom stereocenters. The Balaban J connectivity index is 2.05. The number of nitrogens with two attached hydrogens (primary N) is 1. The molecule has 1 aliphatic heterocycles. The number of amidine groups is 1. The molecule has 0 amide bonds. The molecule has 0 fully saturated rings. The minimum absolute atomic E-state index is 0.0797. The Bertz CT molecular complexity index is 950. The highest BCUT2D eigenvalue weighted by Crippen LogP contribution is 2.32. The van der Waals surface area contributed by atoms with E-state index >= 15 is 0 Å². The summed E-state index contributed by atoms with van der Waals surface area (Å²) in [7, 11) is -3.89. The van der Waals surface area contributed by atoms with Crippen LogP contribution in [0.15, 0.2) is 58.4 Å². The third-order valence-corrected chi connectivity index (χ3v) is 5.06. The van der Waals surface area contributed by atoms with Crippen molar-refractivity contribution in [1.29, 1.82) is 0 Å². The third-order valence-electron chi connectivity index (χ3n) is 3.87. The summed E-state index contributed by atoms with van der Waals surface area (Å²) in [6, 6.07) is 11.6. The summed E-state index contributed by atoms with van der Waals surface area (Å²) in [6.07, 6.45) is -3.10. The van der Waals surface area contributed by atoms with E-state index in [0.29, 0.717) is 16.3 Å². The van der Waals surface area contributed by atoms with Gasteiger partial charge in [-0.15, -0.1) is 0 Å². The number of nitrogens with zero attached hydrogens (tertiary/aromatic N) is 2. The molecule has 2 aromatic rings. The Labute approximate surface area is 153 Å². The maximum absolute atomic E-state index is 13.3. The minimum atomic E-state index is -3.89. The van der Waals surface area contributed by atoms with Crippen molar-refractivity contribution in [1.82, 2.24) is 0 Å². The number of β-amino-alcohol motifs (C(OH)–C–C–N with tert-alkyl or cyclic N) is 1. The fourth-order valence-corrected chi connectivity index (χ4v) is 3.19. The first-order valence-electron chi connectivity index (χ1n) is 7.37. The highest BCUT2D eigenvalue weighted by atomic mass is 35.5. The van der Waals surface area contributed by atoms with Crippen LogP contribution in [0.25, 0.3) is 0 Å². The van der Waals surface area contributed by atoms with E-state index in [9.17, 15) is 22.3 Å². The molecule has 0 aliphatic carbocycles. The molecule has 138 valence electrons. The lowest BCUT2D eigenvalue weighted by Crippen LogP contribution is -2.41. The average Bonchev–Trinajstić information content (AvgIpc) is 2.94. The van der Waals surface area contributed by atoms with Gasteiger partial charge in [0.05, 0.1) is 11.4 Å². The van der Waals surface area contributed by atoms with Gasteiger partial charge in [0.1, 0.15) is 5.84 Å². The highest BCUT2D eigenvalue weighted by molar-refractivity contribution is 7.89. The van der Waals surface area contributed by atoms with Gasteiger partial charge in [0.15, 0.2) is 0 Å². The van der Waals surface area contributed by atoms with Gasteiger partial charge in [-0.2, -0.15) is 0 Å². The van der Waals surface area contributed by atoms with Crippen molar-refractivity contribution in [2.24, 2.45) is 10.1 Å². The van der Waals surface area contributed by atoms with Crippen molar-refractivity contribution in [2.75, 3.05) is 11.4 Å². The molecule has 26 heavy (non-hydrogen) atoms. The Morgan fingerprint density at radius 3 is 2.23 bits per heavy atom. The smallest absolute Gasteiger partial charge is 0.289 e. The zero-order valence-electron chi connectivity index (χ0n) is 13.2. The monoisotopic (exact) mass is 401 g/mol. The van der Waals surface area contributed by atoms with Crippen molar-refractivity contribution in [3.63, 3.8) is 0 Å². The van der Waals surface area contributed by atoms with E-state index in [2.05, 4.69) is 4.99 Å². The molecular formula is C16H14ClF2N3O3S. The minimum Gasteiger partial charge on any atom is -0.363 e. The SMILES string of the molecule is NS(=O)(=O)c1ccc(C2=NC(O)(C(F)F)CN2c2ccc(Cl)cc2)cc1. The van der Waals surface area contributed by atoms with Crippen LogP contribution in [-0.2, 0) is 10.0 Å². The number of sulfonamides is 1. The summed E-state index contributed by atoms with van der Waals surface area (Å²) >= 11 is 5.85. The van der Waals surface area contributed by atoms with Crippen LogP contribution in [0.2, 0.25) is 5.02 Å². The Morgan fingerprint density at radius 2 is 1.73 bits per heavy atom. The third kappa shape index (κ3) is 3.56. The molecule has 3 rings (SSSR count). The molecule has 10 heteroatoms. The Kier molecular flexibility index (Phi) is 4.74. The summed E-state index contributed by atoms with van der Waals surface area (Å²) < 4.78 is 49.3. The van der Waals surface area contributed by atoms with E-state index in [1.54, 1.807) is 24.3 Å². The largest absolute Gasteiger partial charge is 0.363 e. The molecule has 0 aromatic heterocycles. The maximum Gasteiger partial charge on any atom is 0.289 e. The van der Waals surface area contributed by atoms with Gasteiger partial charge in [-0.3, -0.25) is 0 Å². The molecule has 0 bridgehead atoms. The van der Waals surface area contributed by atoms with Crippen LogP contribution in [-0.4, -0.2) is 38.1 Å². The van der Waals surface area contributed by atoms with E-state index < -0.39 is 28.7 Å². The van der Waals surface area contributed by atoms with E-state index in [1.165, 1.54) is 29.2 Å². The van der Waals surface area contributed by atoms with E-state index in [0.717, 1.165) is 0 Å². The van der Waals surface area contributed by atoms with Crippen LogP contribution in [0.1, 0.15) is 5.56 Å². The van der Waals surface area contributed by atoms with Gasteiger partial charge in [0.2, 0.25) is 15.7 Å². The summed E-state index contributed by atoms with van der Waals surface area (Å²) in [5.74, 6) is 0.0797. The van der Waals surface area contributed by atoms with Gasteiger partial charge >= 0.3 is 0 Å². The number of benzene rings is 2. The second-order valence-corrected chi connectivity index (χ2v) is 7.74. The molecule has 1 aliphatic rings. The van der Waals surface area contributed by atoms with Crippen molar-refractivity contribution in [3.05, 3.63) is 59.1 Å². The molecule has 0 saturated heterocycles. The fourth-order valence-electron chi connectivity index (χ4n) is 2.55. The number of anilines is 1. The highest BCUT2D eigenvalue weighted by Gasteiger charge is 2.46. The van der Waals surface area contributed by atoms with Crippen LogP contribution in [0.5, 0.6) is 0 Å². The molecule has 0 saturated carbocycles. The zero-order valence-corrected chi connectivity index (χ0v) is 14.8. The van der Waals surface area contributed by atoms with Gasteiger partial charge in [0.25, 0.3) is 6.43 Å². The first-order valence-corrected chi connectivity index (χ1v) is 9.29. The second-order valence-electron chi connectivity index (χ2n) is 5.75. The number of primary sulfonamides is 1. The number of alkyl halides is 2. The topological polar surface area (TPSA) is 96.0 Å². The number of hydrogen-bond donors (Lipinski definition) is 2. The number of aliphatic hydroxyl groups is 1. The van der Waals surface area contributed by atoms with Crippen LogP contribution < -0.4 is 10.0 Å². The van der Waals surface area contributed by atoms with Crippen molar-refractivity contribution >= 4 is 33.1 Å². The summed E-state index contributed by atoms with van der Waals surface area (Å²) in [6.45, 7) is -0.460. The molecule has 6 nitrogen and oxygen atoms in total. The van der Waals surface area contributed by atoms with E-state index in [4.69, 9.17) is 16.7 Å². The molecular weight excluding hydrogens is 388 g/mol. The Hall–Kier alpha value is -2.07. The summed E-state index contributed by atoms with van der Waals surface area (Å²) in [4.78, 5) is 5.08. The van der Waals surface area contributed by atoms with E-state index in [-0.39, 0.29) is 10.7 Å². The van der Waals surface area contributed by atoms with Crippen LogP contribution in [0.3, 0.4) is 0 Å². The van der Waals surface area contributed by atoms with Crippen molar-refractivity contribution < 1.29 is 22.3 Å². The molecule has 1 atom stereocenters. The summed E-state index contributed by atoms with van der Waals surface area (Å²) in [5, 5.41) is 15.7. The molecule has 0 spiro atoms. The predicted octanol–water partition coefficient (Wildman–Crippen LogP) is 2.21. The lowest BCUT2D eigenvalue weighted by atomic mass is 10.1. The van der Waals surface area contributed by atoms with Crippen LogP contribution in [0.4, 0.5) is 14.5 Å². The normalized spacial score (nSPS) is 20.5. The summed E-state index contributed by atoms with van der Waals surface area (Å²) in [5.41, 5.74) is -1.72. The fraction of sp³-hybridized carbons (Fsp3) is 0.188. The second kappa shape index (κ2) is 6.58. The van der Waals surface area contributed by atoms with Crippen molar-refractivity contribution in [3.8, 4) is 0 Å². The first kappa shape index (κ1) is 18.7. The molecule has 2 aromatic carbocycles. The number of hydrogen-bond acceptors (Lipinski definition) is 5. The predicted molar refractivity (Wildman–Crippen MR) is 94.1 cm³/mol. The van der Waals surface area contributed by atoms with Crippen LogP contribution in [0, 0.1) is 0 Å². The quantitative estimate of drug-likeness (QED) is 0.821. The zero-order chi connectivity index (χ0) is 19.1. The standard InChI is InChI=1S/C16H14ClF2N3O3S/c17-11-3-5-12(6-4-11)22-9-16(23,15(18)19)21-14(22)10-1-7-13(8-2-10)26(20,24)25/h1-8,15,23H,9H2,(H2,20,24,25). The van der Waals surface area contributed by atoms with Crippen molar-refractivity contribution in [2.45, 2.75) is 17.0 Å². The number of rotatable bonds is 4. The first-order chi connectivity index (χ1) is 12.1. The van der Waals surface area contributed by atoms with Gasteiger partial charge in [0, 0.05) is 16.3 Å². The molecule has 3 N–H and O–H groups in total. The maximum atomic E-state index is 13.3. The Morgan fingerprint density at radius 1 is 1.15 bits per heavy atom. The lowest BCUT2D eigenvalue weighted by Gasteiger charge is -2.23. The molecule has 0 radical (unpaired) electrons.